The molecule has 0 aliphatic rings. The summed E-state index contributed by atoms with van der Waals surface area (Å²) in [5.74, 6) is -0.758. The van der Waals surface area contributed by atoms with Crippen LogP contribution in [0.25, 0.3) is 10.9 Å². The number of aryl methyl sites for hydroxylation is 1. The van der Waals surface area contributed by atoms with Crippen molar-refractivity contribution in [1.29, 1.82) is 0 Å². The number of benzene rings is 1. The maximum absolute atomic E-state index is 12.4. The van der Waals surface area contributed by atoms with Crippen molar-refractivity contribution < 1.29 is 14.3 Å². The number of hydrogen-bond donors (Lipinski definition) is 1. The number of amides is 1. The van der Waals surface area contributed by atoms with E-state index in [1.807, 2.05) is 55.8 Å². The largest absolute Gasteiger partial charge is 0.467 e. The van der Waals surface area contributed by atoms with Gasteiger partial charge in [-0.3, -0.25) is 4.79 Å². The van der Waals surface area contributed by atoms with E-state index in [9.17, 15) is 9.59 Å². The van der Waals surface area contributed by atoms with Crippen LogP contribution >= 0.6 is 0 Å². The molecule has 1 aromatic carbocycles. The second-order valence-electron chi connectivity index (χ2n) is 5.37. The third-order valence-electron chi connectivity index (χ3n) is 3.59. The molecule has 0 bridgehead atoms. The lowest BCUT2D eigenvalue weighted by Crippen LogP contribution is -2.45. The van der Waals surface area contributed by atoms with Crippen LogP contribution in [0.4, 0.5) is 0 Å². The minimum absolute atomic E-state index is 0.0453. The summed E-state index contributed by atoms with van der Waals surface area (Å²) in [6.07, 6.45) is 0. The van der Waals surface area contributed by atoms with E-state index in [1.54, 1.807) is 0 Å². The predicted octanol–water partition coefficient (Wildman–Crippen LogP) is 2.11. The number of rotatable bonds is 4. The van der Waals surface area contributed by atoms with Crippen molar-refractivity contribution in [2.45, 2.75) is 19.9 Å². The van der Waals surface area contributed by atoms with Gasteiger partial charge in [-0.2, -0.15) is 0 Å². The van der Waals surface area contributed by atoms with Crippen LogP contribution in [-0.4, -0.2) is 29.6 Å². The Morgan fingerprint density at radius 1 is 1.24 bits per heavy atom. The van der Waals surface area contributed by atoms with Crippen LogP contribution in [-0.2, 0) is 16.6 Å². The highest BCUT2D eigenvalue weighted by molar-refractivity contribution is 6.00. The topological polar surface area (TPSA) is 60.3 Å². The number of fused-ring (bicyclic) bond motifs is 1. The molecule has 21 heavy (non-hydrogen) atoms. The van der Waals surface area contributed by atoms with Gasteiger partial charge in [-0.1, -0.05) is 32.0 Å². The van der Waals surface area contributed by atoms with Crippen LogP contribution in [0.15, 0.2) is 30.3 Å². The molecular weight excluding hydrogens is 268 g/mol. The fourth-order valence-corrected chi connectivity index (χ4v) is 2.35. The molecule has 2 aromatic rings. The van der Waals surface area contributed by atoms with Crippen molar-refractivity contribution in [3.05, 3.63) is 36.0 Å². The standard InChI is InChI=1S/C16H20N2O3/c1-10(2)14(16(20)21-4)17-15(19)13-9-11-7-5-6-8-12(11)18(13)3/h5-10,14H,1-4H3,(H,17,19). The zero-order chi connectivity index (χ0) is 15.6. The Balaban J connectivity index is 2.29. The lowest BCUT2D eigenvalue weighted by molar-refractivity contribution is -0.144. The molecule has 0 aliphatic carbocycles. The highest BCUT2D eigenvalue weighted by Gasteiger charge is 2.26. The van der Waals surface area contributed by atoms with Gasteiger partial charge in [0.1, 0.15) is 11.7 Å². The molecule has 0 saturated carbocycles. The third-order valence-corrected chi connectivity index (χ3v) is 3.59. The second-order valence-corrected chi connectivity index (χ2v) is 5.37. The number of nitrogens with one attached hydrogen (secondary N) is 1. The average Bonchev–Trinajstić information content (AvgIpc) is 2.81. The molecule has 5 heteroatoms. The number of esters is 1. The first-order valence-electron chi connectivity index (χ1n) is 6.89. The van der Waals surface area contributed by atoms with Crippen LogP contribution in [0, 0.1) is 5.92 Å². The van der Waals surface area contributed by atoms with E-state index in [-0.39, 0.29) is 11.8 Å². The fourth-order valence-electron chi connectivity index (χ4n) is 2.35. The summed E-state index contributed by atoms with van der Waals surface area (Å²) >= 11 is 0. The van der Waals surface area contributed by atoms with Gasteiger partial charge in [0.25, 0.3) is 5.91 Å². The number of nitrogens with zero attached hydrogens (tertiary/aromatic N) is 1. The SMILES string of the molecule is COC(=O)C(NC(=O)c1cc2ccccc2n1C)C(C)C. The van der Waals surface area contributed by atoms with Gasteiger partial charge in [-0.15, -0.1) is 0 Å². The molecule has 1 atom stereocenters. The van der Waals surface area contributed by atoms with Crippen molar-refractivity contribution in [2.24, 2.45) is 13.0 Å². The van der Waals surface area contributed by atoms with Crippen molar-refractivity contribution in [3.8, 4) is 0 Å². The van der Waals surface area contributed by atoms with Gasteiger partial charge in [0, 0.05) is 18.0 Å². The van der Waals surface area contributed by atoms with Crippen LogP contribution in [0.3, 0.4) is 0 Å². The van der Waals surface area contributed by atoms with E-state index in [4.69, 9.17) is 4.74 Å². The van der Waals surface area contributed by atoms with Crippen LogP contribution < -0.4 is 5.32 Å². The molecule has 0 spiro atoms. The Hall–Kier alpha value is -2.30. The molecule has 112 valence electrons. The molecule has 1 unspecified atom stereocenters. The number of carbonyl (C=O) groups is 2. The fraction of sp³-hybridized carbons (Fsp3) is 0.375. The molecule has 5 nitrogen and oxygen atoms in total. The Labute approximate surface area is 123 Å². The highest BCUT2D eigenvalue weighted by atomic mass is 16.5. The molecule has 2 rings (SSSR count). The van der Waals surface area contributed by atoms with Crippen LogP contribution in [0.2, 0.25) is 0 Å². The number of hydrogen-bond acceptors (Lipinski definition) is 3. The normalized spacial score (nSPS) is 12.4. The summed E-state index contributed by atoms with van der Waals surface area (Å²) in [5, 5.41) is 3.74. The molecule has 0 radical (unpaired) electrons. The van der Waals surface area contributed by atoms with E-state index in [0.717, 1.165) is 10.9 Å². The number of methoxy groups -OCH3 is 1. The highest BCUT2D eigenvalue weighted by Crippen LogP contribution is 2.18. The minimum atomic E-state index is -0.652. The van der Waals surface area contributed by atoms with Gasteiger partial charge in [-0.25, -0.2) is 4.79 Å². The zero-order valence-electron chi connectivity index (χ0n) is 12.7. The number of carbonyl (C=O) groups excluding carboxylic acids is 2. The lowest BCUT2D eigenvalue weighted by atomic mass is 10.0. The van der Waals surface area contributed by atoms with Gasteiger partial charge >= 0.3 is 5.97 Å². The Morgan fingerprint density at radius 2 is 1.90 bits per heavy atom. The molecule has 0 saturated heterocycles. The van der Waals surface area contributed by atoms with E-state index in [1.165, 1.54) is 7.11 Å². The predicted molar refractivity (Wildman–Crippen MR) is 81.0 cm³/mol. The Kier molecular flexibility index (Phi) is 4.31. The Morgan fingerprint density at radius 3 is 2.48 bits per heavy atom. The second kappa shape index (κ2) is 5.99. The number of aromatic nitrogens is 1. The van der Waals surface area contributed by atoms with Crippen LogP contribution in [0.5, 0.6) is 0 Å². The average molecular weight is 288 g/mol. The van der Waals surface area contributed by atoms with E-state index in [2.05, 4.69) is 5.32 Å². The summed E-state index contributed by atoms with van der Waals surface area (Å²) < 4.78 is 6.56. The first-order chi connectivity index (χ1) is 9.95. The summed E-state index contributed by atoms with van der Waals surface area (Å²) in [6, 6.07) is 8.92. The number of ether oxygens (including phenoxy) is 1. The number of para-hydroxylation sites is 1. The lowest BCUT2D eigenvalue weighted by Gasteiger charge is -2.19. The molecule has 1 N–H and O–H groups in total. The van der Waals surface area contributed by atoms with Gasteiger partial charge in [0.05, 0.1) is 7.11 Å². The maximum Gasteiger partial charge on any atom is 0.328 e. The van der Waals surface area contributed by atoms with Gasteiger partial charge in [0.2, 0.25) is 0 Å². The Bertz CT molecular complexity index is 673. The monoisotopic (exact) mass is 288 g/mol. The smallest absolute Gasteiger partial charge is 0.328 e. The first-order valence-corrected chi connectivity index (χ1v) is 6.89. The summed E-state index contributed by atoms with van der Waals surface area (Å²) in [6.45, 7) is 3.73. The maximum atomic E-state index is 12.4. The molecule has 1 amide bonds. The van der Waals surface area contributed by atoms with E-state index in [0.29, 0.717) is 5.69 Å². The minimum Gasteiger partial charge on any atom is -0.467 e. The van der Waals surface area contributed by atoms with Crippen LogP contribution in [0.1, 0.15) is 24.3 Å². The third kappa shape index (κ3) is 2.91. The first kappa shape index (κ1) is 15.1. The summed E-state index contributed by atoms with van der Waals surface area (Å²) in [5.41, 5.74) is 1.49. The molecule has 1 aromatic heterocycles. The molecular formula is C16H20N2O3. The quantitative estimate of drug-likeness (QED) is 0.877. The van der Waals surface area contributed by atoms with Crippen molar-refractivity contribution >= 4 is 22.8 Å². The van der Waals surface area contributed by atoms with Gasteiger partial charge in [0.15, 0.2) is 0 Å². The van der Waals surface area contributed by atoms with Crippen molar-refractivity contribution in [2.75, 3.05) is 7.11 Å². The van der Waals surface area contributed by atoms with E-state index >= 15 is 0 Å². The van der Waals surface area contributed by atoms with E-state index < -0.39 is 12.0 Å². The molecule has 0 aliphatic heterocycles. The van der Waals surface area contributed by atoms with Gasteiger partial charge < -0.3 is 14.6 Å². The van der Waals surface area contributed by atoms with Crippen molar-refractivity contribution in [3.63, 3.8) is 0 Å². The van der Waals surface area contributed by atoms with Crippen molar-refractivity contribution in [1.82, 2.24) is 9.88 Å². The van der Waals surface area contributed by atoms with Gasteiger partial charge in [-0.05, 0) is 18.1 Å². The summed E-state index contributed by atoms with van der Waals surface area (Å²) in [4.78, 5) is 24.2. The zero-order valence-corrected chi connectivity index (χ0v) is 12.7. The molecule has 0 fully saturated rings. The molecule has 1 heterocycles. The summed E-state index contributed by atoms with van der Waals surface area (Å²) in [7, 11) is 3.15.